The maximum atomic E-state index is 11.9. The van der Waals surface area contributed by atoms with E-state index in [0.717, 1.165) is 10.0 Å². The Bertz CT molecular complexity index is 527. The van der Waals surface area contributed by atoms with E-state index in [-0.39, 0.29) is 23.8 Å². The first-order chi connectivity index (χ1) is 9.56. The number of aryl methyl sites for hydroxylation is 1. The van der Waals surface area contributed by atoms with Gasteiger partial charge in [-0.1, -0.05) is 23.9 Å². The molecule has 0 aliphatic heterocycles. The van der Waals surface area contributed by atoms with Crippen LogP contribution in [-0.2, 0) is 9.59 Å². The van der Waals surface area contributed by atoms with Gasteiger partial charge in [0.2, 0.25) is 11.8 Å². The molecule has 1 aliphatic rings. The molecule has 2 amide bonds. The SMILES string of the molecule is Cc1csc(SCC(=O)N[C@@H]2CC=CC[C@H]2C(N)=O)n1. The highest BCUT2D eigenvalue weighted by atomic mass is 32.2. The van der Waals surface area contributed by atoms with Crippen LogP contribution in [-0.4, -0.2) is 28.6 Å². The second-order valence-corrected chi connectivity index (χ2v) is 6.75. The summed E-state index contributed by atoms with van der Waals surface area (Å²) in [6.45, 7) is 1.92. The second kappa shape index (κ2) is 6.90. The second-order valence-electron chi connectivity index (χ2n) is 4.67. The molecule has 0 bridgehead atoms. The number of nitrogens with zero attached hydrogens (tertiary/aromatic N) is 1. The lowest BCUT2D eigenvalue weighted by Gasteiger charge is -2.26. The first-order valence-corrected chi connectivity index (χ1v) is 8.21. The fraction of sp³-hybridized carbons (Fsp3) is 0.462. The molecule has 0 aromatic carbocycles. The molecule has 20 heavy (non-hydrogen) atoms. The van der Waals surface area contributed by atoms with Crippen molar-refractivity contribution in [3.05, 3.63) is 23.2 Å². The molecule has 0 unspecified atom stereocenters. The third kappa shape index (κ3) is 4.08. The van der Waals surface area contributed by atoms with Gasteiger partial charge in [0.15, 0.2) is 4.34 Å². The summed E-state index contributed by atoms with van der Waals surface area (Å²) in [4.78, 5) is 27.6. The minimum absolute atomic E-state index is 0.0885. The van der Waals surface area contributed by atoms with Crippen LogP contribution in [0.4, 0.5) is 0 Å². The number of carbonyl (C=O) groups is 2. The number of thiazole rings is 1. The molecule has 0 fully saturated rings. The van der Waals surface area contributed by atoms with E-state index in [4.69, 9.17) is 5.73 Å². The number of primary amides is 1. The molecule has 0 spiro atoms. The lowest BCUT2D eigenvalue weighted by molar-refractivity contribution is -0.124. The maximum Gasteiger partial charge on any atom is 0.230 e. The molecule has 0 saturated carbocycles. The zero-order chi connectivity index (χ0) is 14.5. The van der Waals surface area contributed by atoms with E-state index in [9.17, 15) is 9.59 Å². The molecule has 1 aromatic heterocycles. The van der Waals surface area contributed by atoms with Crippen LogP contribution >= 0.6 is 23.1 Å². The van der Waals surface area contributed by atoms with Gasteiger partial charge in [-0.05, 0) is 19.8 Å². The number of amides is 2. The van der Waals surface area contributed by atoms with Gasteiger partial charge in [-0.2, -0.15) is 0 Å². The van der Waals surface area contributed by atoms with Crippen molar-refractivity contribution in [1.82, 2.24) is 10.3 Å². The summed E-state index contributed by atoms with van der Waals surface area (Å²) < 4.78 is 0.882. The monoisotopic (exact) mass is 311 g/mol. The van der Waals surface area contributed by atoms with Gasteiger partial charge < -0.3 is 11.1 Å². The van der Waals surface area contributed by atoms with E-state index in [1.165, 1.54) is 23.1 Å². The molecule has 5 nitrogen and oxygen atoms in total. The summed E-state index contributed by atoms with van der Waals surface area (Å²) in [6.07, 6.45) is 5.16. The topological polar surface area (TPSA) is 85.1 Å². The highest BCUT2D eigenvalue weighted by molar-refractivity contribution is 8.01. The molecule has 108 valence electrons. The number of thioether (sulfide) groups is 1. The van der Waals surface area contributed by atoms with Gasteiger partial charge in [0.1, 0.15) is 0 Å². The van der Waals surface area contributed by atoms with Crippen LogP contribution < -0.4 is 11.1 Å². The highest BCUT2D eigenvalue weighted by Crippen LogP contribution is 2.23. The third-order valence-electron chi connectivity index (χ3n) is 3.07. The van der Waals surface area contributed by atoms with Gasteiger partial charge in [0.05, 0.1) is 11.7 Å². The molecule has 1 heterocycles. The van der Waals surface area contributed by atoms with Gasteiger partial charge in [-0.15, -0.1) is 11.3 Å². The number of rotatable bonds is 5. The Morgan fingerprint density at radius 3 is 2.90 bits per heavy atom. The lowest BCUT2D eigenvalue weighted by atomic mass is 9.88. The standard InChI is InChI=1S/C13H17N3O2S2/c1-8-6-19-13(15-8)20-7-11(17)16-10-5-3-2-4-9(10)12(14)18/h2-3,6,9-10H,4-5,7H2,1H3,(H2,14,18)(H,16,17)/t9-,10-/m1/s1. The van der Waals surface area contributed by atoms with Crippen molar-refractivity contribution in [2.75, 3.05) is 5.75 Å². The molecular weight excluding hydrogens is 294 g/mol. The minimum Gasteiger partial charge on any atom is -0.369 e. The van der Waals surface area contributed by atoms with Crippen molar-refractivity contribution in [1.29, 1.82) is 0 Å². The fourth-order valence-corrected chi connectivity index (χ4v) is 3.72. The van der Waals surface area contributed by atoms with Crippen molar-refractivity contribution in [2.24, 2.45) is 11.7 Å². The van der Waals surface area contributed by atoms with Crippen LogP contribution in [0.2, 0.25) is 0 Å². The highest BCUT2D eigenvalue weighted by Gasteiger charge is 2.28. The zero-order valence-electron chi connectivity index (χ0n) is 11.2. The Balaban J connectivity index is 1.84. The lowest BCUT2D eigenvalue weighted by Crippen LogP contribution is -2.46. The summed E-state index contributed by atoms with van der Waals surface area (Å²) in [7, 11) is 0. The average Bonchev–Trinajstić information content (AvgIpc) is 2.83. The Morgan fingerprint density at radius 1 is 1.50 bits per heavy atom. The fourth-order valence-electron chi connectivity index (χ4n) is 2.06. The summed E-state index contributed by atoms with van der Waals surface area (Å²) in [5, 5.41) is 4.85. The minimum atomic E-state index is -0.358. The molecule has 3 N–H and O–H groups in total. The van der Waals surface area contributed by atoms with Crippen molar-refractivity contribution in [3.63, 3.8) is 0 Å². The van der Waals surface area contributed by atoms with Crippen molar-refractivity contribution >= 4 is 34.9 Å². The van der Waals surface area contributed by atoms with Gasteiger partial charge in [-0.25, -0.2) is 4.98 Å². The van der Waals surface area contributed by atoms with E-state index < -0.39 is 0 Å². The van der Waals surface area contributed by atoms with Gasteiger partial charge in [0.25, 0.3) is 0 Å². The molecule has 1 aliphatic carbocycles. The number of hydrogen-bond donors (Lipinski definition) is 2. The van der Waals surface area contributed by atoms with Gasteiger partial charge >= 0.3 is 0 Å². The Kier molecular flexibility index (Phi) is 5.19. The smallest absolute Gasteiger partial charge is 0.230 e. The Hall–Kier alpha value is -1.34. The van der Waals surface area contributed by atoms with E-state index in [1.54, 1.807) is 0 Å². The number of nitrogens with one attached hydrogen (secondary N) is 1. The molecule has 7 heteroatoms. The van der Waals surface area contributed by atoms with Crippen molar-refractivity contribution in [2.45, 2.75) is 30.1 Å². The Labute approximate surface area is 126 Å². The average molecular weight is 311 g/mol. The zero-order valence-corrected chi connectivity index (χ0v) is 12.8. The maximum absolute atomic E-state index is 11.9. The Morgan fingerprint density at radius 2 is 2.25 bits per heavy atom. The summed E-state index contributed by atoms with van der Waals surface area (Å²) in [6, 6.07) is -0.191. The molecular formula is C13H17N3O2S2. The number of aromatic nitrogens is 1. The van der Waals surface area contributed by atoms with Crippen molar-refractivity contribution < 1.29 is 9.59 Å². The van der Waals surface area contributed by atoms with Gasteiger partial charge in [0, 0.05) is 17.1 Å². The molecule has 0 radical (unpaired) electrons. The summed E-state index contributed by atoms with van der Waals surface area (Å²) in [5.74, 6) is -0.452. The first-order valence-electron chi connectivity index (χ1n) is 6.35. The van der Waals surface area contributed by atoms with Crippen LogP contribution in [0.15, 0.2) is 21.9 Å². The van der Waals surface area contributed by atoms with Gasteiger partial charge in [-0.3, -0.25) is 9.59 Å². The molecule has 2 rings (SSSR count). The van der Waals surface area contributed by atoms with Crippen LogP contribution in [0.3, 0.4) is 0 Å². The van der Waals surface area contributed by atoms with E-state index in [0.29, 0.717) is 18.6 Å². The van der Waals surface area contributed by atoms with Crippen LogP contribution in [0.25, 0.3) is 0 Å². The van der Waals surface area contributed by atoms with E-state index >= 15 is 0 Å². The quantitative estimate of drug-likeness (QED) is 0.637. The predicted molar refractivity (Wildman–Crippen MR) is 80.6 cm³/mol. The normalized spacial score (nSPS) is 21.6. The predicted octanol–water partition coefficient (Wildman–Crippen LogP) is 1.48. The third-order valence-corrected chi connectivity index (χ3v) is 5.21. The van der Waals surface area contributed by atoms with E-state index in [1.807, 2.05) is 24.5 Å². The van der Waals surface area contributed by atoms with Crippen LogP contribution in [0, 0.1) is 12.8 Å². The summed E-state index contributed by atoms with van der Waals surface area (Å²) in [5.41, 5.74) is 6.33. The number of nitrogens with two attached hydrogens (primary N) is 1. The van der Waals surface area contributed by atoms with Crippen LogP contribution in [0.5, 0.6) is 0 Å². The van der Waals surface area contributed by atoms with Crippen molar-refractivity contribution in [3.8, 4) is 0 Å². The van der Waals surface area contributed by atoms with E-state index in [2.05, 4.69) is 10.3 Å². The number of allylic oxidation sites excluding steroid dienone is 1. The molecule has 2 atom stereocenters. The molecule has 0 saturated heterocycles. The first kappa shape index (κ1) is 15.1. The number of carbonyl (C=O) groups excluding carboxylic acids is 2. The van der Waals surface area contributed by atoms with Crippen LogP contribution in [0.1, 0.15) is 18.5 Å². The summed E-state index contributed by atoms with van der Waals surface area (Å²) >= 11 is 2.94. The number of hydrogen-bond acceptors (Lipinski definition) is 5. The largest absolute Gasteiger partial charge is 0.369 e. The molecule has 1 aromatic rings.